The van der Waals surface area contributed by atoms with E-state index < -0.39 is 11.7 Å². The molecule has 0 unspecified atom stereocenters. The lowest BCUT2D eigenvalue weighted by molar-refractivity contribution is -0.137. The summed E-state index contributed by atoms with van der Waals surface area (Å²) < 4.78 is 40.1. The van der Waals surface area contributed by atoms with Crippen LogP contribution in [0.5, 0.6) is 0 Å². The van der Waals surface area contributed by atoms with Gasteiger partial charge in [0.2, 0.25) is 0 Å². The first-order chi connectivity index (χ1) is 14.0. The maximum absolute atomic E-state index is 13.4. The Kier molecular flexibility index (Phi) is 4.20. The van der Waals surface area contributed by atoms with Crippen LogP contribution in [0.15, 0.2) is 60.8 Å². The lowest BCUT2D eigenvalue weighted by Crippen LogP contribution is -2.35. The van der Waals surface area contributed by atoms with Crippen molar-refractivity contribution < 1.29 is 13.2 Å². The molecule has 29 heavy (non-hydrogen) atoms. The number of fused-ring (bicyclic) bond motifs is 3. The van der Waals surface area contributed by atoms with Gasteiger partial charge in [0.05, 0.1) is 11.6 Å². The number of hydrogen-bond acceptors (Lipinski definition) is 2. The van der Waals surface area contributed by atoms with E-state index in [1.54, 1.807) is 12.3 Å². The second-order valence-corrected chi connectivity index (χ2v) is 7.39. The summed E-state index contributed by atoms with van der Waals surface area (Å²) in [5, 5.41) is 8.10. The van der Waals surface area contributed by atoms with Crippen LogP contribution in [0.4, 0.5) is 13.2 Å². The van der Waals surface area contributed by atoms with E-state index in [0.717, 1.165) is 41.3 Å². The summed E-state index contributed by atoms with van der Waals surface area (Å²) in [4.78, 5) is 5.68. The number of nitrogens with zero attached hydrogens (tertiary/aromatic N) is 2. The van der Waals surface area contributed by atoms with Crippen molar-refractivity contribution in [3.8, 4) is 0 Å². The Hall–Kier alpha value is -3.06. The van der Waals surface area contributed by atoms with Gasteiger partial charge in [-0.2, -0.15) is 18.3 Å². The summed E-state index contributed by atoms with van der Waals surface area (Å²) in [5.74, 6) is 0. The van der Waals surface area contributed by atoms with E-state index in [-0.39, 0.29) is 6.04 Å². The predicted octanol–water partition coefficient (Wildman–Crippen LogP) is 5.06. The number of para-hydroxylation sites is 1. The average Bonchev–Trinajstić information content (AvgIpc) is 3.34. The second-order valence-electron chi connectivity index (χ2n) is 7.39. The molecule has 0 bridgehead atoms. The Bertz CT molecular complexity index is 1140. The third kappa shape index (κ3) is 3.21. The van der Waals surface area contributed by atoms with E-state index in [1.165, 1.54) is 17.7 Å². The minimum absolute atomic E-state index is 0.295. The molecule has 3 heterocycles. The molecule has 7 heteroatoms. The minimum atomic E-state index is -4.37. The molecule has 1 atom stereocenters. The predicted molar refractivity (Wildman–Crippen MR) is 104 cm³/mol. The molecule has 0 aliphatic carbocycles. The number of aromatic nitrogens is 3. The number of hydrogen-bond donors (Lipinski definition) is 2. The lowest BCUT2D eigenvalue weighted by Gasteiger charge is -2.36. The van der Waals surface area contributed by atoms with Crippen molar-refractivity contribution in [2.75, 3.05) is 6.54 Å². The molecule has 1 aliphatic rings. The van der Waals surface area contributed by atoms with E-state index in [4.69, 9.17) is 0 Å². The zero-order chi connectivity index (χ0) is 20.0. The quantitative estimate of drug-likeness (QED) is 0.509. The maximum atomic E-state index is 13.4. The molecule has 0 spiro atoms. The molecule has 1 aliphatic heterocycles. The summed E-state index contributed by atoms with van der Waals surface area (Å²) in [6.45, 7) is 1.32. The third-order valence-corrected chi connectivity index (χ3v) is 5.60. The molecule has 148 valence electrons. The van der Waals surface area contributed by atoms with Gasteiger partial charge in [0.15, 0.2) is 0 Å². The normalized spacial score (nSPS) is 17.6. The largest absolute Gasteiger partial charge is 0.416 e. The molecule has 2 aromatic heterocycles. The van der Waals surface area contributed by atoms with Gasteiger partial charge < -0.3 is 4.98 Å². The highest BCUT2D eigenvalue weighted by molar-refractivity contribution is 5.85. The Morgan fingerprint density at radius 2 is 1.93 bits per heavy atom. The number of nitrogens with one attached hydrogen (secondary N) is 2. The number of alkyl halides is 3. The molecule has 0 saturated carbocycles. The molecule has 2 N–H and O–H groups in total. The van der Waals surface area contributed by atoms with Gasteiger partial charge in [-0.05, 0) is 41.8 Å². The standard InChI is InChI=1S/C22H19F3N4/c23-22(24,25)15-5-3-4-14(12-15)21-20-18(17-6-1-2-7-19(17)27-20)9-11-29(21)13-16-8-10-26-28-16/h1-8,10,12,21,27H,9,11,13H2,(H,26,28)/t21-/m0/s1. The summed E-state index contributed by atoms with van der Waals surface area (Å²) >= 11 is 0. The van der Waals surface area contributed by atoms with Crippen LogP contribution < -0.4 is 0 Å². The van der Waals surface area contributed by atoms with Gasteiger partial charge in [-0.3, -0.25) is 10.00 Å². The van der Waals surface area contributed by atoms with E-state index in [9.17, 15) is 13.2 Å². The molecular formula is C22H19F3N4. The van der Waals surface area contributed by atoms with E-state index in [1.807, 2.05) is 24.3 Å². The average molecular weight is 396 g/mol. The van der Waals surface area contributed by atoms with Crippen molar-refractivity contribution in [3.63, 3.8) is 0 Å². The SMILES string of the molecule is FC(F)(F)c1cccc([C@H]2c3[nH]c4ccccc4c3CCN2Cc2ccn[nH]2)c1. The zero-order valence-corrected chi connectivity index (χ0v) is 15.5. The summed E-state index contributed by atoms with van der Waals surface area (Å²) in [6, 6.07) is 15.3. The van der Waals surface area contributed by atoms with Crippen molar-refractivity contribution in [2.24, 2.45) is 0 Å². The van der Waals surface area contributed by atoms with Crippen LogP contribution in [0.25, 0.3) is 10.9 Å². The fourth-order valence-electron chi connectivity index (χ4n) is 4.32. The number of halogens is 3. The van der Waals surface area contributed by atoms with Crippen molar-refractivity contribution in [2.45, 2.75) is 25.2 Å². The molecule has 0 fully saturated rings. The Labute approximate surface area is 165 Å². The van der Waals surface area contributed by atoms with E-state index in [0.29, 0.717) is 12.1 Å². The summed E-state index contributed by atoms with van der Waals surface area (Å²) in [6.07, 6.45) is -1.85. The Morgan fingerprint density at radius 3 is 2.72 bits per heavy atom. The first-order valence-electron chi connectivity index (χ1n) is 9.49. The van der Waals surface area contributed by atoms with Crippen LogP contribution in [-0.2, 0) is 19.1 Å². The summed E-state index contributed by atoms with van der Waals surface area (Å²) in [7, 11) is 0. The number of H-pyrrole nitrogens is 2. The molecular weight excluding hydrogens is 377 g/mol. The van der Waals surface area contributed by atoms with Crippen molar-refractivity contribution in [3.05, 3.63) is 88.9 Å². The molecule has 0 saturated heterocycles. The molecule has 2 aromatic carbocycles. The Balaban J connectivity index is 1.65. The fraction of sp³-hybridized carbons (Fsp3) is 0.227. The van der Waals surface area contributed by atoms with Gasteiger partial charge in [0.25, 0.3) is 0 Å². The van der Waals surface area contributed by atoms with Gasteiger partial charge in [0.1, 0.15) is 0 Å². The lowest BCUT2D eigenvalue weighted by atomic mass is 9.91. The van der Waals surface area contributed by atoms with Crippen LogP contribution >= 0.6 is 0 Å². The van der Waals surface area contributed by atoms with Gasteiger partial charge >= 0.3 is 6.18 Å². The highest BCUT2D eigenvalue weighted by Crippen LogP contribution is 2.40. The van der Waals surface area contributed by atoms with Crippen LogP contribution in [-0.4, -0.2) is 26.6 Å². The molecule has 5 rings (SSSR count). The first-order valence-corrected chi connectivity index (χ1v) is 9.49. The molecule has 4 nitrogen and oxygen atoms in total. The number of aromatic amines is 2. The molecule has 0 radical (unpaired) electrons. The first kappa shape index (κ1) is 18.0. The molecule has 0 amide bonds. The number of benzene rings is 2. The maximum Gasteiger partial charge on any atom is 0.416 e. The van der Waals surface area contributed by atoms with Gasteiger partial charge in [-0.15, -0.1) is 0 Å². The van der Waals surface area contributed by atoms with Crippen molar-refractivity contribution >= 4 is 10.9 Å². The minimum Gasteiger partial charge on any atom is -0.357 e. The molecule has 4 aromatic rings. The van der Waals surface area contributed by atoms with Gasteiger partial charge in [-0.1, -0.05) is 30.3 Å². The van der Waals surface area contributed by atoms with Crippen LogP contribution in [0.1, 0.15) is 34.1 Å². The van der Waals surface area contributed by atoms with Crippen molar-refractivity contribution in [1.82, 2.24) is 20.1 Å². The van der Waals surface area contributed by atoms with E-state index >= 15 is 0 Å². The monoisotopic (exact) mass is 396 g/mol. The highest BCUT2D eigenvalue weighted by atomic mass is 19.4. The summed E-state index contributed by atoms with van der Waals surface area (Å²) in [5.41, 5.74) is 4.10. The zero-order valence-electron chi connectivity index (χ0n) is 15.5. The smallest absolute Gasteiger partial charge is 0.357 e. The van der Waals surface area contributed by atoms with Crippen LogP contribution in [0, 0.1) is 0 Å². The van der Waals surface area contributed by atoms with Gasteiger partial charge in [-0.25, -0.2) is 0 Å². The van der Waals surface area contributed by atoms with Crippen molar-refractivity contribution in [1.29, 1.82) is 0 Å². The number of rotatable bonds is 3. The highest BCUT2D eigenvalue weighted by Gasteiger charge is 2.35. The van der Waals surface area contributed by atoms with Crippen LogP contribution in [0.3, 0.4) is 0 Å². The third-order valence-electron chi connectivity index (χ3n) is 5.60. The fourth-order valence-corrected chi connectivity index (χ4v) is 4.32. The topological polar surface area (TPSA) is 47.7 Å². The Morgan fingerprint density at radius 1 is 1.07 bits per heavy atom. The second kappa shape index (κ2) is 6.77. The van der Waals surface area contributed by atoms with E-state index in [2.05, 4.69) is 26.1 Å². The van der Waals surface area contributed by atoms with Crippen LogP contribution in [0.2, 0.25) is 0 Å². The van der Waals surface area contributed by atoms with Gasteiger partial charge in [0, 0.05) is 41.6 Å².